The zero-order valence-corrected chi connectivity index (χ0v) is 14.4. The minimum atomic E-state index is -0.146. The monoisotopic (exact) mass is 323 g/mol. The quantitative estimate of drug-likeness (QED) is 0.835. The number of benzene rings is 1. The van der Waals surface area contributed by atoms with Gasteiger partial charge in [0.2, 0.25) is 0 Å². The summed E-state index contributed by atoms with van der Waals surface area (Å²) in [6.45, 7) is 8.25. The van der Waals surface area contributed by atoms with Gasteiger partial charge in [-0.05, 0) is 25.1 Å². The van der Waals surface area contributed by atoms with Crippen LogP contribution in [0.3, 0.4) is 0 Å². The number of halogens is 2. The minimum Gasteiger partial charge on any atom is -0.373 e. The van der Waals surface area contributed by atoms with E-state index in [0.29, 0.717) is 10.0 Å². The molecule has 0 saturated carbocycles. The highest BCUT2D eigenvalue weighted by atomic mass is 35.5. The molecule has 0 radical (unpaired) electrons. The van der Waals surface area contributed by atoms with E-state index in [-0.39, 0.29) is 5.41 Å². The Morgan fingerprint density at radius 3 is 2.29 bits per heavy atom. The molecular formula is C16H19Cl2N3. The molecular weight excluding hydrogens is 305 g/mol. The van der Waals surface area contributed by atoms with E-state index in [1.165, 1.54) is 0 Å². The van der Waals surface area contributed by atoms with E-state index in [1.54, 1.807) is 6.07 Å². The first-order valence-electron chi connectivity index (χ1n) is 6.76. The molecule has 0 unspecified atom stereocenters. The maximum atomic E-state index is 6.33. The van der Waals surface area contributed by atoms with Crippen LogP contribution in [0.2, 0.25) is 10.0 Å². The van der Waals surface area contributed by atoms with Gasteiger partial charge in [-0.2, -0.15) is 0 Å². The summed E-state index contributed by atoms with van der Waals surface area (Å²) < 4.78 is 0. The van der Waals surface area contributed by atoms with Crippen molar-refractivity contribution in [2.24, 2.45) is 0 Å². The fraction of sp³-hybridized carbons (Fsp3) is 0.375. The van der Waals surface area contributed by atoms with Crippen LogP contribution >= 0.6 is 23.2 Å². The third kappa shape index (κ3) is 3.30. The molecule has 0 spiro atoms. The second-order valence-corrected chi connectivity index (χ2v) is 6.84. The number of aromatic nitrogens is 2. The second kappa shape index (κ2) is 5.82. The second-order valence-electron chi connectivity index (χ2n) is 5.99. The highest BCUT2D eigenvalue weighted by Gasteiger charge is 2.22. The van der Waals surface area contributed by atoms with Crippen molar-refractivity contribution < 1.29 is 0 Å². The molecule has 3 nitrogen and oxygen atoms in total. The summed E-state index contributed by atoms with van der Waals surface area (Å²) in [5.41, 5.74) is 2.52. The number of hydrogen-bond donors (Lipinski definition) is 1. The molecule has 0 bridgehead atoms. The van der Waals surface area contributed by atoms with Gasteiger partial charge < -0.3 is 5.32 Å². The summed E-state index contributed by atoms with van der Waals surface area (Å²) in [7, 11) is 1.86. The van der Waals surface area contributed by atoms with E-state index in [0.717, 1.165) is 28.5 Å². The molecule has 0 aliphatic rings. The van der Waals surface area contributed by atoms with Crippen LogP contribution in [0.25, 0.3) is 11.3 Å². The van der Waals surface area contributed by atoms with Gasteiger partial charge in [-0.3, -0.25) is 0 Å². The predicted octanol–water partition coefficient (Wildman–Crippen LogP) is 5.10. The summed E-state index contributed by atoms with van der Waals surface area (Å²) in [5.74, 6) is 1.59. The fourth-order valence-electron chi connectivity index (χ4n) is 2.04. The molecule has 1 aromatic carbocycles. The van der Waals surface area contributed by atoms with E-state index in [1.807, 2.05) is 26.1 Å². The van der Waals surface area contributed by atoms with Gasteiger partial charge in [0.05, 0.1) is 10.7 Å². The Morgan fingerprint density at radius 1 is 1.10 bits per heavy atom. The molecule has 2 rings (SSSR count). The maximum absolute atomic E-state index is 6.33. The van der Waals surface area contributed by atoms with E-state index >= 15 is 0 Å². The van der Waals surface area contributed by atoms with Crippen LogP contribution in [-0.2, 0) is 5.41 Å². The number of anilines is 1. The summed E-state index contributed by atoms with van der Waals surface area (Å²) in [6.07, 6.45) is 0. The van der Waals surface area contributed by atoms with Crippen molar-refractivity contribution >= 4 is 29.0 Å². The van der Waals surface area contributed by atoms with Crippen molar-refractivity contribution in [2.45, 2.75) is 33.1 Å². The summed E-state index contributed by atoms with van der Waals surface area (Å²) >= 11 is 12.3. The van der Waals surface area contributed by atoms with Gasteiger partial charge in [0.1, 0.15) is 11.6 Å². The van der Waals surface area contributed by atoms with Crippen molar-refractivity contribution in [3.8, 4) is 11.3 Å². The van der Waals surface area contributed by atoms with Crippen LogP contribution in [0.15, 0.2) is 18.2 Å². The van der Waals surface area contributed by atoms with E-state index < -0.39 is 0 Å². The molecule has 0 atom stereocenters. The van der Waals surface area contributed by atoms with Gasteiger partial charge in [-0.15, -0.1) is 0 Å². The molecule has 0 amide bonds. The molecule has 0 aliphatic carbocycles. The lowest BCUT2D eigenvalue weighted by molar-refractivity contribution is 0.546. The lowest BCUT2D eigenvalue weighted by atomic mass is 9.95. The smallest absolute Gasteiger partial charge is 0.136 e. The lowest BCUT2D eigenvalue weighted by Crippen LogP contribution is -2.18. The topological polar surface area (TPSA) is 37.8 Å². The normalized spacial score (nSPS) is 11.6. The molecule has 0 fully saturated rings. The van der Waals surface area contributed by atoms with Crippen LogP contribution in [0.1, 0.15) is 32.2 Å². The molecule has 1 heterocycles. The average Bonchev–Trinajstić information content (AvgIpc) is 2.38. The molecule has 1 N–H and O–H groups in total. The van der Waals surface area contributed by atoms with Crippen LogP contribution < -0.4 is 5.32 Å². The molecule has 2 aromatic rings. The number of nitrogens with one attached hydrogen (secondary N) is 1. The average molecular weight is 324 g/mol. The third-order valence-electron chi connectivity index (χ3n) is 3.24. The maximum Gasteiger partial charge on any atom is 0.136 e. The van der Waals surface area contributed by atoms with Crippen LogP contribution in [0, 0.1) is 6.92 Å². The van der Waals surface area contributed by atoms with Crippen LogP contribution in [0.5, 0.6) is 0 Å². The molecule has 0 aliphatic heterocycles. The molecule has 1 aromatic heterocycles. The fourth-order valence-corrected chi connectivity index (χ4v) is 2.54. The van der Waals surface area contributed by atoms with Gasteiger partial charge in [-0.1, -0.05) is 44.0 Å². The standard InChI is InChI=1S/C16H19Cl2N3/c1-9-13(11-7-6-10(17)8-12(11)18)20-15(16(2,3)4)21-14(9)19-5/h6-8H,1-5H3,(H,19,20,21). The van der Waals surface area contributed by atoms with Gasteiger partial charge in [0.15, 0.2) is 0 Å². The van der Waals surface area contributed by atoms with Crippen LogP contribution in [0.4, 0.5) is 5.82 Å². The molecule has 112 valence electrons. The van der Waals surface area contributed by atoms with E-state index in [9.17, 15) is 0 Å². The molecule has 0 saturated heterocycles. The lowest BCUT2D eigenvalue weighted by Gasteiger charge is -2.20. The Hall–Kier alpha value is -1.32. The summed E-state index contributed by atoms with van der Waals surface area (Å²) in [6, 6.07) is 5.45. The Kier molecular flexibility index (Phi) is 4.45. The largest absolute Gasteiger partial charge is 0.373 e. The van der Waals surface area contributed by atoms with Gasteiger partial charge in [0, 0.05) is 28.6 Å². The molecule has 5 heteroatoms. The Morgan fingerprint density at radius 2 is 1.76 bits per heavy atom. The molecule has 21 heavy (non-hydrogen) atoms. The van der Waals surface area contributed by atoms with Crippen molar-refractivity contribution in [1.82, 2.24) is 9.97 Å². The Labute approximate surface area is 135 Å². The number of nitrogens with zero attached hydrogens (tertiary/aromatic N) is 2. The highest BCUT2D eigenvalue weighted by molar-refractivity contribution is 6.36. The first-order chi connectivity index (χ1) is 9.74. The van der Waals surface area contributed by atoms with Gasteiger partial charge in [0.25, 0.3) is 0 Å². The van der Waals surface area contributed by atoms with Gasteiger partial charge >= 0.3 is 0 Å². The first kappa shape index (κ1) is 16.1. The number of hydrogen-bond acceptors (Lipinski definition) is 3. The first-order valence-corrected chi connectivity index (χ1v) is 7.52. The summed E-state index contributed by atoms with van der Waals surface area (Å²) in [5, 5.41) is 4.33. The van der Waals surface area contributed by atoms with Gasteiger partial charge in [-0.25, -0.2) is 9.97 Å². The van der Waals surface area contributed by atoms with Crippen molar-refractivity contribution in [3.05, 3.63) is 39.6 Å². The van der Waals surface area contributed by atoms with Crippen molar-refractivity contribution in [2.75, 3.05) is 12.4 Å². The Bertz CT molecular complexity index is 676. The zero-order valence-electron chi connectivity index (χ0n) is 12.9. The minimum absolute atomic E-state index is 0.146. The van der Waals surface area contributed by atoms with Crippen LogP contribution in [-0.4, -0.2) is 17.0 Å². The number of rotatable bonds is 2. The highest BCUT2D eigenvalue weighted by Crippen LogP contribution is 2.34. The van der Waals surface area contributed by atoms with E-state index in [2.05, 4.69) is 31.1 Å². The predicted molar refractivity (Wildman–Crippen MR) is 90.5 cm³/mol. The Balaban J connectivity index is 2.72. The zero-order chi connectivity index (χ0) is 15.8. The van der Waals surface area contributed by atoms with Crippen molar-refractivity contribution in [3.63, 3.8) is 0 Å². The SMILES string of the molecule is CNc1nc(C(C)(C)C)nc(-c2ccc(Cl)cc2Cl)c1C. The third-order valence-corrected chi connectivity index (χ3v) is 3.79. The summed E-state index contributed by atoms with van der Waals surface area (Å²) in [4.78, 5) is 9.34. The van der Waals surface area contributed by atoms with E-state index in [4.69, 9.17) is 28.2 Å². The van der Waals surface area contributed by atoms with Crippen molar-refractivity contribution in [1.29, 1.82) is 0 Å².